The van der Waals surface area contributed by atoms with Gasteiger partial charge in [0, 0.05) is 24.2 Å². The van der Waals surface area contributed by atoms with Crippen LogP contribution in [0.4, 0.5) is 17.6 Å². The van der Waals surface area contributed by atoms with Crippen LogP contribution < -0.4 is 0 Å². The maximum absolute atomic E-state index is 14.0. The van der Waals surface area contributed by atoms with E-state index in [4.69, 9.17) is 11.6 Å². The summed E-state index contributed by atoms with van der Waals surface area (Å²) in [6.45, 7) is 0. The second-order valence-corrected chi connectivity index (χ2v) is 7.08. The third-order valence-electron chi connectivity index (χ3n) is 4.92. The monoisotopic (exact) mass is 423 g/mol. The maximum Gasteiger partial charge on any atom is 0.425 e. The lowest BCUT2D eigenvalue weighted by atomic mass is 9.85. The lowest BCUT2D eigenvalue weighted by Gasteiger charge is -2.31. The predicted molar refractivity (Wildman–Crippen MR) is 101 cm³/mol. The Morgan fingerprint density at radius 2 is 1.83 bits per heavy atom. The highest BCUT2D eigenvalue weighted by Gasteiger charge is 2.56. The van der Waals surface area contributed by atoms with Gasteiger partial charge in [0.25, 0.3) is 0 Å². The first-order valence-corrected chi connectivity index (χ1v) is 9.00. The van der Waals surface area contributed by atoms with Crippen molar-refractivity contribution >= 4 is 28.7 Å². The highest BCUT2D eigenvalue weighted by molar-refractivity contribution is 6.30. The molecule has 0 bridgehead atoms. The fraction of sp³-hybridized carbons (Fsp3) is 0.200. The Balaban J connectivity index is 1.84. The lowest BCUT2D eigenvalue weighted by molar-refractivity contribution is -0.248. The minimum atomic E-state index is -5.07. The van der Waals surface area contributed by atoms with E-state index in [1.807, 2.05) is 6.08 Å². The minimum absolute atomic E-state index is 0.103. The van der Waals surface area contributed by atoms with Crippen LogP contribution in [0, 0.1) is 5.82 Å². The van der Waals surface area contributed by atoms with Gasteiger partial charge < -0.3 is 5.11 Å². The molecule has 0 saturated heterocycles. The summed E-state index contributed by atoms with van der Waals surface area (Å²) in [4.78, 5) is 4.00. The fourth-order valence-electron chi connectivity index (χ4n) is 3.40. The molecular formula is C20H14ClF4N3O. The minimum Gasteiger partial charge on any atom is -0.372 e. The first-order chi connectivity index (χ1) is 13.7. The van der Waals surface area contributed by atoms with Crippen molar-refractivity contribution < 1.29 is 22.7 Å². The number of fused-ring (bicyclic) bond motifs is 1. The van der Waals surface area contributed by atoms with Crippen LogP contribution in [-0.4, -0.2) is 27.3 Å². The molecule has 1 aromatic heterocycles. The Morgan fingerprint density at radius 3 is 2.48 bits per heavy atom. The van der Waals surface area contributed by atoms with Gasteiger partial charge in [-0.05, 0) is 41.5 Å². The van der Waals surface area contributed by atoms with Crippen molar-refractivity contribution in [2.24, 2.45) is 4.99 Å². The molecule has 4 rings (SSSR count). The first-order valence-electron chi connectivity index (χ1n) is 8.62. The SMILES string of the molecule is OC(c1ccc(F)c(Cl)c1)(c1ccc2c(cnn2C2C=CN=CC2)c1)C(F)(F)F. The van der Waals surface area contributed by atoms with Crippen LogP contribution in [0.15, 0.2) is 59.9 Å². The van der Waals surface area contributed by atoms with Crippen molar-refractivity contribution in [1.82, 2.24) is 9.78 Å². The normalized spacial score (nSPS) is 18.9. The molecule has 1 aliphatic heterocycles. The smallest absolute Gasteiger partial charge is 0.372 e. The van der Waals surface area contributed by atoms with Gasteiger partial charge in [-0.25, -0.2) is 4.39 Å². The Labute approximate surface area is 167 Å². The molecule has 150 valence electrons. The zero-order valence-electron chi connectivity index (χ0n) is 14.7. The standard InChI is InChI=1S/C20H14ClF4N3O/c21-16-10-14(1-3-17(16)22)19(29,20(23,24)25)13-2-4-18-12(9-13)11-27-28(18)15-5-7-26-8-6-15/h1-5,7-11,15,29H,6H2. The summed E-state index contributed by atoms with van der Waals surface area (Å²) >= 11 is 5.66. The lowest BCUT2D eigenvalue weighted by Crippen LogP contribution is -2.43. The van der Waals surface area contributed by atoms with Crippen LogP contribution in [0.2, 0.25) is 5.02 Å². The topological polar surface area (TPSA) is 50.4 Å². The molecule has 29 heavy (non-hydrogen) atoms. The molecule has 0 amide bonds. The van der Waals surface area contributed by atoms with Gasteiger partial charge in [0.2, 0.25) is 5.60 Å². The summed E-state index contributed by atoms with van der Waals surface area (Å²) in [5.41, 5.74) is -3.74. The number of hydrogen-bond donors (Lipinski definition) is 1. The van der Waals surface area contributed by atoms with E-state index in [0.29, 0.717) is 17.3 Å². The Kier molecular flexibility index (Phi) is 4.71. The molecular weight excluding hydrogens is 410 g/mol. The summed E-state index contributed by atoms with van der Waals surface area (Å²) in [6, 6.07) is 6.23. The van der Waals surface area contributed by atoms with E-state index in [-0.39, 0.29) is 6.04 Å². The van der Waals surface area contributed by atoms with Gasteiger partial charge in [-0.3, -0.25) is 9.67 Å². The van der Waals surface area contributed by atoms with Crippen LogP contribution in [0.3, 0.4) is 0 Å². The molecule has 0 spiro atoms. The summed E-state index contributed by atoms with van der Waals surface area (Å²) in [6.07, 6.45) is 2.18. The van der Waals surface area contributed by atoms with Crippen LogP contribution in [0.1, 0.15) is 23.6 Å². The van der Waals surface area contributed by atoms with Crippen molar-refractivity contribution in [2.75, 3.05) is 0 Å². The molecule has 2 unspecified atom stereocenters. The molecule has 1 N–H and O–H groups in total. The highest BCUT2D eigenvalue weighted by Crippen LogP contribution is 2.45. The van der Waals surface area contributed by atoms with Crippen LogP contribution in [0.25, 0.3) is 10.9 Å². The fourth-order valence-corrected chi connectivity index (χ4v) is 3.58. The number of allylic oxidation sites excluding steroid dienone is 1. The average Bonchev–Trinajstić information content (AvgIpc) is 3.12. The number of aromatic nitrogens is 2. The molecule has 0 aliphatic carbocycles. The van der Waals surface area contributed by atoms with Gasteiger partial charge >= 0.3 is 6.18 Å². The second kappa shape index (κ2) is 6.96. The van der Waals surface area contributed by atoms with Crippen molar-refractivity contribution in [3.05, 3.63) is 76.8 Å². The van der Waals surface area contributed by atoms with E-state index in [1.54, 1.807) is 17.1 Å². The van der Waals surface area contributed by atoms with Gasteiger partial charge in [-0.2, -0.15) is 18.3 Å². The van der Waals surface area contributed by atoms with Gasteiger partial charge in [-0.15, -0.1) is 0 Å². The third-order valence-corrected chi connectivity index (χ3v) is 5.21. The molecule has 0 radical (unpaired) electrons. The van der Waals surface area contributed by atoms with Crippen LogP contribution in [-0.2, 0) is 5.60 Å². The summed E-state index contributed by atoms with van der Waals surface area (Å²) in [5.74, 6) is -0.874. The molecule has 2 aromatic carbocycles. The second-order valence-electron chi connectivity index (χ2n) is 6.68. The number of hydrogen-bond acceptors (Lipinski definition) is 3. The molecule has 1 aliphatic rings. The number of aliphatic imine (C=N–C) groups is 1. The van der Waals surface area contributed by atoms with E-state index in [2.05, 4.69) is 10.1 Å². The van der Waals surface area contributed by atoms with Gasteiger partial charge in [-0.1, -0.05) is 23.7 Å². The van der Waals surface area contributed by atoms with E-state index in [0.717, 1.165) is 18.2 Å². The molecule has 2 heterocycles. The van der Waals surface area contributed by atoms with Gasteiger partial charge in [0.15, 0.2) is 0 Å². The summed E-state index contributed by atoms with van der Waals surface area (Å²) in [7, 11) is 0. The van der Waals surface area contributed by atoms with Crippen molar-refractivity contribution in [2.45, 2.75) is 24.2 Å². The first kappa shape index (κ1) is 19.6. The van der Waals surface area contributed by atoms with E-state index in [9.17, 15) is 22.7 Å². The van der Waals surface area contributed by atoms with E-state index >= 15 is 0 Å². The Morgan fingerprint density at radius 1 is 1.10 bits per heavy atom. The molecule has 0 saturated carbocycles. The number of benzene rings is 2. The molecule has 3 aromatic rings. The molecule has 4 nitrogen and oxygen atoms in total. The average molecular weight is 424 g/mol. The van der Waals surface area contributed by atoms with Crippen molar-refractivity contribution in [3.63, 3.8) is 0 Å². The largest absolute Gasteiger partial charge is 0.425 e. The highest BCUT2D eigenvalue weighted by atomic mass is 35.5. The number of rotatable bonds is 3. The Bertz CT molecular complexity index is 1140. The summed E-state index contributed by atoms with van der Waals surface area (Å²) in [5, 5.41) is 14.9. The van der Waals surface area contributed by atoms with E-state index < -0.39 is 33.7 Å². The third kappa shape index (κ3) is 3.22. The number of alkyl halides is 3. The maximum atomic E-state index is 14.0. The van der Waals surface area contributed by atoms with Crippen LogP contribution in [0.5, 0.6) is 0 Å². The van der Waals surface area contributed by atoms with E-state index in [1.165, 1.54) is 24.4 Å². The summed E-state index contributed by atoms with van der Waals surface area (Å²) < 4.78 is 57.1. The van der Waals surface area contributed by atoms with Gasteiger partial charge in [0.05, 0.1) is 22.8 Å². The predicted octanol–water partition coefficient (Wildman–Crippen LogP) is 5.16. The molecule has 2 atom stereocenters. The van der Waals surface area contributed by atoms with Crippen LogP contribution >= 0.6 is 11.6 Å². The number of nitrogens with zero attached hydrogens (tertiary/aromatic N) is 3. The zero-order chi connectivity index (χ0) is 20.8. The van der Waals surface area contributed by atoms with Gasteiger partial charge in [0.1, 0.15) is 5.82 Å². The Hall–Kier alpha value is -2.71. The van der Waals surface area contributed by atoms with Crippen molar-refractivity contribution in [1.29, 1.82) is 0 Å². The van der Waals surface area contributed by atoms with Crippen molar-refractivity contribution in [3.8, 4) is 0 Å². The molecule has 9 heteroatoms. The quantitative estimate of drug-likeness (QED) is 0.592. The number of aliphatic hydroxyl groups is 1. The molecule has 0 fully saturated rings. The zero-order valence-corrected chi connectivity index (χ0v) is 15.5. The number of halogens is 5.